The van der Waals surface area contributed by atoms with Gasteiger partial charge in [0.15, 0.2) is 0 Å². The van der Waals surface area contributed by atoms with E-state index < -0.39 is 0 Å². The number of rotatable bonds is 5. The first-order valence-electron chi connectivity index (χ1n) is 8.41. The van der Waals surface area contributed by atoms with Crippen LogP contribution in [0.4, 0.5) is 0 Å². The minimum Gasteiger partial charge on any atom is -0.507 e. The Morgan fingerprint density at radius 2 is 1.96 bits per heavy atom. The summed E-state index contributed by atoms with van der Waals surface area (Å²) in [6.07, 6.45) is 6.46. The highest BCUT2D eigenvalue weighted by Crippen LogP contribution is 2.30. The van der Waals surface area contributed by atoms with Crippen LogP contribution in [0.3, 0.4) is 0 Å². The second-order valence-electron chi connectivity index (χ2n) is 6.51. The molecule has 0 saturated heterocycles. The molecule has 1 unspecified atom stereocenters. The molecule has 0 aromatic heterocycles. The van der Waals surface area contributed by atoms with Crippen LogP contribution in [-0.2, 0) is 4.74 Å². The molecule has 124 valence electrons. The van der Waals surface area contributed by atoms with E-state index in [0.29, 0.717) is 12.4 Å². The predicted molar refractivity (Wildman–Crippen MR) is 101 cm³/mol. The van der Waals surface area contributed by atoms with Crippen LogP contribution in [0.5, 0.6) is 5.75 Å². The van der Waals surface area contributed by atoms with Crippen LogP contribution in [0, 0.1) is 0 Å². The van der Waals surface area contributed by atoms with E-state index in [1.54, 1.807) is 6.07 Å². The Balaban J connectivity index is 1.76. The van der Waals surface area contributed by atoms with E-state index in [9.17, 15) is 5.11 Å². The molecular formula is C22H24O2. The Morgan fingerprint density at radius 3 is 2.71 bits per heavy atom. The maximum atomic E-state index is 10.0. The van der Waals surface area contributed by atoms with Crippen molar-refractivity contribution in [3.05, 3.63) is 71.3 Å². The second kappa shape index (κ2) is 7.06. The molecule has 2 heteroatoms. The van der Waals surface area contributed by atoms with Gasteiger partial charge in [0.2, 0.25) is 0 Å². The van der Waals surface area contributed by atoms with Crippen LogP contribution in [0.2, 0.25) is 0 Å². The van der Waals surface area contributed by atoms with Crippen molar-refractivity contribution in [3.8, 4) is 5.75 Å². The zero-order chi connectivity index (χ0) is 17.1. The number of allylic oxidation sites excluding steroid dienone is 1. The third-order valence-corrected chi connectivity index (χ3v) is 4.58. The topological polar surface area (TPSA) is 29.5 Å². The van der Waals surface area contributed by atoms with Gasteiger partial charge in [-0.3, -0.25) is 0 Å². The van der Waals surface area contributed by atoms with Crippen molar-refractivity contribution in [1.82, 2.24) is 0 Å². The number of phenolic OH excluding ortho intramolecular Hbond substituents is 1. The summed E-state index contributed by atoms with van der Waals surface area (Å²) in [5.74, 6) is 0.330. The van der Waals surface area contributed by atoms with Crippen LogP contribution in [0.15, 0.2) is 65.8 Å². The monoisotopic (exact) mass is 320 g/mol. The lowest BCUT2D eigenvalue weighted by molar-refractivity contribution is 0.116. The van der Waals surface area contributed by atoms with Crippen LogP contribution in [-0.4, -0.2) is 17.8 Å². The predicted octanol–water partition coefficient (Wildman–Crippen LogP) is 5.63. The molecular weight excluding hydrogens is 296 g/mol. The first-order chi connectivity index (χ1) is 11.6. The number of fused-ring (bicyclic) bond motifs is 1. The molecule has 2 nitrogen and oxygen atoms in total. The Labute approximate surface area is 143 Å². The van der Waals surface area contributed by atoms with Gasteiger partial charge >= 0.3 is 0 Å². The Morgan fingerprint density at radius 1 is 1.21 bits per heavy atom. The van der Waals surface area contributed by atoms with Crippen molar-refractivity contribution in [2.24, 2.45) is 0 Å². The fourth-order valence-corrected chi connectivity index (χ4v) is 3.29. The third-order valence-electron chi connectivity index (χ3n) is 4.58. The van der Waals surface area contributed by atoms with Crippen molar-refractivity contribution < 1.29 is 9.84 Å². The van der Waals surface area contributed by atoms with Crippen LogP contribution in [0.1, 0.15) is 32.3 Å². The number of ether oxygens (including phenoxy) is 1. The summed E-state index contributed by atoms with van der Waals surface area (Å²) in [6.45, 7) is 8.92. The van der Waals surface area contributed by atoms with Crippen LogP contribution < -0.4 is 0 Å². The van der Waals surface area contributed by atoms with Gasteiger partial charge in [0.25, 0.3) is 0 Å². The smallest absolute Gasteiger partial charge is 0.123 e. The summed E-state index contributed by atoms with van der Waals surface area (Å²) in [5.41, 5.74) is 4.80. The van der Waals surface area contributed by atoms with Crippen molar-refractivity contribution in [3.63, 3.8) is 0 Å². The summed E-state index contributed by atoms with van der Waals surface area (Å²) in [7, 11) is 0. The van der Waals surface area contributed by atoms with Crippen molar-refractivity contribution in [2.75, 3.05) is 6.61 Å². The first-order valence-corrected chi connectivity index (χ1v) is 8.41. The van der Waals surface area contributed by atoms with E-state index in [-0.39, 0.29) is 6.10 Å². The van der Waals surface area contributed by atoms with Crippen molar-refractivity contribution in [2.45, 2.75) is 32.8 Å². The molecule has 1 N–H and O–H groups in total. The standard InChI is InChI=1S/C22H24O2/c1-15(2)18-12-13-24-22(18)11-8-16(3)14-17-9-10-21(23)20-7-5-4-6-19(17)20/h4-7,9-10,12,14,22-23H,1,8,11,13H2,2-3H3/b16-14+. The van der Waals surface area contributed by atoms with Crippen molar-refractivity contribution in [1.29, 1.82) is 0 Å². The van der Waals surface area contributed by atoms with Gasteiger partial charge in [-0.05, 0) is 49.3 Å². The Hall–Kier alpha value is -2.32. The van der Waals surface area contributed by atoms with Crippen LogP contribution >= 0.6 is 0 Å². The van der Waals surface area contributed by atoms with E-state index in [4.69, 9.17) is 4.74 Å². The fourth-order valence-electron chi connectivity index (χ4n) is 3.29. The maximum Gasteiger partial charge on any atom is 0.123 e. The zero-order valence-electron chi connectivity index (χ0n) is 14.4. The number of hydrogen-bond acceptors (Lipinski definition) is 2. The number of hydrogen-bond donors (Lipinski definition) is 1. The van der Waals surface area contributed by atoms with Gasteiger partial charge in [-0.15, -0.1) is 0 Å². The highest BCUT2D eigenvalue weighted by molar-refractivity contribution is 5.94. The average molecular weight is 320 g/mol. The SMILES string of the molecule is C=C(C)C1=CCOC1CC/C(C)=C/c1ccc(O)c2ccccc12. The lowest BCUT2D eigenvalue weighted by atomic mass is 9.96. The molecule has 0 spiro atoms. The van der Waals surface area contributed by atoms with E-state index in [0.717, 1.165) is 34.8 Å². The normalized spacial score (nSPS) is 18.0. The molecule has 1 heterocycles. The first kappa shape index (κ1) is 16.5. The molecule has 3 rings (SSSR count). The Bertz CT molecular complexity index is 827. The molecule has 24 heavy (non-hydrogen) atoms. The molecule has 0 aliphatic carbocycles. The third kappa shape index (κ3) is 3.44. The summed E-state index contributed by atoms with van der Waals surface area (Å²) in [4.78, 5) is 0. The molecule has 1 aliphatic heterocycles. The van der Waals surface area contributed by atoms with Gasteiger partial charge in [-0.2, -0.15) is 0 Å². The highest BCUT2D eigenvalue weighted by Gasteiger charge is 2.20. The van der Waals surface area contributed by atoms with Gasteiger partial charge in [0.1, 0.15) is 5.75 Å². The van der Waals surface area contributed by atoms with E-state index in [2.05, 4.69) is 31.7 Å². The van der Waals surface area contributed by atoms with Gasteiger partial charge < -0.3 is 9.84 Å². The minimum absolute atomic E-state index is 0.169. The quantitative estimate of drug-likeness (QED) is 0.773. The van der Waals surface area contributed by atoms with Gasteiger partial charge in [0, 0.05) is 5.39 Å². The summed E-state index contributed by atoms with van der Waals surface area (Å²) < 4.78 is 5.80. The molecule has 0 amide bonds. The lowest BCUT2D eigenvalue weighted by Gasteiger charge is -2.15. The van der Waals surface area contributed by atoms with E-state index >= 15 is 0 Å². The molecule has 0 radical (unpaired) electrons. The minimum atomic E-state index is 0.169. The maximum absolute atomic E-state index is 10.0. The molecule has 0 bridgehead atoms. The molecule has 1 aliphatic rings. The molecule has 0 fully saturated rings. The largest absolute Gasteiger partial charge is 0.507 e. The summed E-state index contributed by atoms with van der Waals surface area (Å²) in [5, 5.41) is 12.0. The van der Waals surface area contributed by atoms with E-state index in [1.165, 1.54) is 11.1 Å². The molecule has 2 aromatic carbocycles. The van der Waals surface area contributed by atoms with Crippen molar-refractivity contribution >= 4 is 16.8 Å². The van der Waals surface area contributed by atoms with Gasteiger partial charge in [0.05, 0.1) is 12.7 Å². The summed E-state index contributed by atoms with van der Waals surface area (Å²) >= 11 is 0. The number of aromatic hydroxyl groups is 1. The highest BCUT2D eigenvalue weighted by atomic mass is 16.5. The lowest BCUT2D eigenvalue weighted by Crippen LogP contribution is -2.10. The van der Waals surface area contributed by atoms with E-state index in [1.807, 2.05) is 31.2 Å². The number of benzene rings is 2. The molecule has 2 aromatic rings. The van der Waals surface area contributed by atoms with Gasteiger partial charge in [-0.25, -0.2) is 0 Å². The van der Waals surface area contributed by atoms with Gasteiger partial charge in [-0.1, -0.05) is 60.2 Å². The average Bonchev–Trinajstić information content (AvgIpc) is 3.05. The fraction of sp³-hybridized carbons (Fsp3) is 0.273. The number of phenols is 1. The Kier molecular flexibility index (Phi) is 4.86. The summed E-state index contributed by atoms with van der Waals surface area (Å²) in [6, 6.07) is 11.7. The zero-order valence-corrected chi connectivity index (χ0v) is 14.4. The molecule has 0 saturated carbocycles. The second-order valence-corrected chi connectivity index (χ2v) is 6.51. The van der Waals surface area contributed by atoms with Crippen LogP contribution in [0.25, 0.3) is 16.8 Å². The molecule has 1 atom stereocenters.